The monoisotopic (exact) mass is 353 g/mol. The van der Waals surface area contributed by atoms with E-state index in [-0.39, 0.29) is 5.91 Å². The molecule has 0 aliphatic rings. The van der Waals surface area contributed by atoms with Gasteiger partial charge in [0, 0.05) is 13.6 Å². The van der Waals surface area contributed by atoms with Crippen LogP contribution < -0.4 is 10.6 Å². The summed E-state index contributed by atoms with van der Waals surface area (Å²) in [5, 5.41) is 4.81. The van der Waals surface area contributed by atoms with Gasteiger partial charge < -0.3 is 5.32 Å². The largest absolute Gasteiger partial charge is 0.341 e. The first-order chi connectivity index (χ1) is 12.4. The Labute approximate surface area is 155 Å². The molecule has 0 radical (unpaired) electrons. The van der Waals surface area contributed by atoms with Crippen molar-refractivity contribution in [1.82, 2.24) is 15.5 Å². The van der Waals surface area contributed by atoms with E-state index in [2.05, 4.69) is 48.7 Å². The predicted molar refractivity (Wildman–Crippen MR) is 104 cm³/mol. The van der Waals surface area contributed by atoms with E-state index in [1.54, 1.807) is 0 Å². The molecule has 2 aromatic rings. The number of hydrogen-bond donors (Lipinski definition) is 2. The number of benzene rings is 2. The minimum atomic E-state index is -0.557. The SMILES string of the molecule is CNC(=O)NC(=O)[C@@H](c1ccccc1)N(C)Cc1ccc(C(C)C)cc1. The molecule has 0 aromatic heterocycles. The van der Waals surface area contributed by atoms with Crippen LogP contribution in [0.5, 0.6) is 0 Å². The second kappa shape index (κ2) is 9.15. The summed E-state index contributed by atoms with van der Waals surface area (Å²) in [6.07, 6.45) is 0. The molecule has 0 saturated heterocycles. The Morgan fingerprint density at radius 3 is 2.12 bits per heavy atom. The Balaban J connectivity index is 2.21. The van der Waals surface area contributed by atoms with Gasteiger partial charge >= 0.3 is 6.03 Å². The molecule has 2 rings (SSSR count). The van der Waals surface area contributed by atoms with Crippen LogP contribution in [0.4, 0.5) is 4.79 Å². The molecule has 138 valence electrons. The van der Waals surface area contributed by atoms with Crippen LogP contribution in [0.3, 0.4) is 0 Å². The summed E-state index contributed by atoms with van der Waals surface area (Å²) in [4.78, 5) is 26.2. The van der Waals surface area contributed by atoms with Crippen LogP contribution in [0.1, 0.15) is 42.5 Å². The van der Waals surface area contributed by atoms with Gasteiger partial charge in [0.05, 0.1) is 0 Å². The molecule has 0 bridgehead atoms. The predicted octanol–water partition coefficient (Wildman–Crippen LogP) is 3.44. The van der Waals surface area contributed by atoms with Crippen molar-refractivity contribution >= 4 is 11.9 Å². The number of hydrogen-bond acceptors (Lipinski definition) is 3. The van der Waals surface area contributed by atoms with Crippen molar-refractivity contribution in [3.63, 3.8) is 0 Å². The lowest BCUT2D eigenvalue weighted by Crippen LogP contribution is -2.44. The van der Waals surface area contributed by atoms with Crippen LogP contribution >= 0.6 is 0 Å². The van der Waals surface area contributed by atoms with E-state index in [4.69, 9.17) is 0 Å². The topological polar surface area (TPSA) is 61.4 Å². The summed E-state index contributed by atoms with van der Waals surface area (Å²) in [5.41, 5.74) is 3.24. The van der Waals surface area contributed by atoms with Gasteiger partial charge in [-0.2, -0.15) is 0 Å². The van der Waals surface area contributed by atoms with E-state index in [0.717, 1.165) is 11.1 Å². The molecule has 0 aliphatic carbocycles. The molecule has 5 heteroatoms. The van der Waals surface area contributed by atoms with Crippen LogP contribution in [0.2, 0.25) is 0 Å². The molecule has 5 nitrogen and oxygen atoms in total. The van der Waals surface area contributed by atoms with Crippen LogP contribution in [0.15, 0.2) is 54.6 Å². The minimum Gasteiger partial charge on any atom is -0.341 e. The van der Waals surface area contributed by atoms with Crippen LogP contribution in [0, 0.1) is 0 Å². The number of nitrogens with zero attached hydrogens (tertiary/aromatic N) is 1. The van der Waals surface area contributed by atoms with E-state index in [1.165, 1.54) is 12.6 Å². The summed E-state index contributed by atoms with van der Waals surface area (Å²) < 4.78 is 0. The second-order valence-electron chi connectivity index (χ2n) is 6.69. The minimum absolute atomic E-state index is 0.350. The van der Waals surface area contributed by atoms with E-state index in [1.807, 2.05) is 42.3 Å². The third-order valence-electron chi connectivity index (χ3n) is 4.35. The highest BCUT2D eigenvalue weighted by atomic mass is 16.2. The molecular formula is C21H27N3O2. The number of urea groups is 1. The van der Waals surface area contributed by atoms with Gasteiger partial charge in [-0.25, -0.2) is 4.79 Å². The van der Waals surface area contributed by atoms with Crippen molar-refractivity contribution in [3.8, 4) is 0 Å². The Kier molecular flexibility index (Phi) is 6.92. The molecule has 26 heavy (non-hydrogen) atoms. The van der Waals surface area contributed by atoms with E-state index in [9.17, 15) is 9.59 Å². The fourth-order valence-electron chi connectivity index (χ4n) is 2.87. The summed E-state index contributed by atoms with van der Waals surface area (Å²) in [6.45, 7) is 4.92. The number of imide groups is 1. The molecule has 0 unspecified atom stereocenters. The second-order valence-corrected chi connectivity index (χ2v) is 6.69. The molecular weight excluding hydrogens is 326 g/mol. The number of carbonyl (C=O) groups is 2. The quantitative estimate of drug-likeness (QED) is 0.836. The summed E-state index contributed by atoms with van der Waals surface area (Å²) in [7, 11) is 3.37. The van der Waals surface area contributed by atoms with Crippen LogP contribution in [-0.4, -0.2) is 30.9 Å². The normalized spacial score (nSPS) is 12.1. The summed E-state index contributed by atoms with van der Waals surface area (Å²) in [6, 6.07) is 16.8. The zero-order valence-electron chi connectivity index (χ0n) is 15.8. The fraction of sp³-hybridized carbons (Fsp3) is 0.333. The third-order valence-corrected chi connectivity index (χ3v) is 4.35. The van der Waals surface area contributed by atoms with Crippen molar-refractivity contribution in [2.24, 2.45) is 0 Å². The zero-order valence-corrected chi connectivity index (χ0v) is 15.8. The van der Waals surface area contributed by atoms with Crippen molar-refractivity contribution in [3.05, 3.63) is 71.3 Å². The van der Waals surface area contributed by atoms with Crippen molar-refractivity contribution < 1.29 is 9.59 Å². The highest BCUT2D eigenvalue weighted by molar-refractivity contribution is 5.97. The smallest absolute Gasteiger partial charge is 0.321 e. The van der Waals surface area contributed by atoms with Gasteiger partial charge in [0.15, 0.2) is 0 Å². The molecule has 0 spiro atoms. The number of amides is 3. The molecule has 0 saturated carbocycles. The number of nitrogens with one attached hydrogen (secondary N) is 2. The van der Waals surface area contributed by atoms with E-state index < -0.39 is 12.1 Å². The first-order valence-corrected chi connectivity index (χ1v) is 8.79. The Morgan fingerprint density at radius 2 is 1.58 bits per heavy atom. The van der Waals surface area contributed by atoms with Crippen molar-refractivity contribution in [2.45, 2.75) is 32.4 Å². The van der Waals surface area contributed by atoms with Gasteiger partial charge in [0.25, 0.3) is 0 Å². The fourth-order valence-corrected chi connectivity index (χ4v) is 2.87. The molecule has 3 amide bonds. The first-order valence-electron chi connectivity index (χ1n) is 8.79. The summed E-state index contributed by atoms with van der Waals surface area (Å²) >= 11 is 0. The Morgan fingerprint density at radius 1 is 0.962 bits per heavy atom. The maximum absolute atomic E-state index is 12.7. The van der Waals surface area contributed by atoms with Crippen LogP contribution in [-0.2, 0) is 11.3 Å². The first kappa shape index (κ1) is 19.7. The van der Waals surface area contributed by atoms with Gasteiger partial charge in [0.1, 0.15) is 6.04 Å². The number of carbonyl (C=O) groups excluding carboxylic acids is 2. The average molecular weight is 353 g/mol. The molecule has 0 heterocycles. The number of rotatable bonds is 6. The Bertz CT molecular complexity index is 727. The number of likely N-dealkylation sites (N-methyl/N-ethyl adjacent to an activating group) is 1. The molecule has 0 fully saturated rings. The van der Waals surface area contributed by atoms with Gasteiger partial charge in [-0.15, -0.1) is 0 Å². The van der Waals surface area contributed by atoms with Crippen LogP contribution in [0.25, 0.3) is 0 Å². The lowest BCUT2D eigenvalue weighted by molar-refractivity contribution is -0.125. The highest BCUT2D eigenvalue weighted by Gasteiger charge is 2.26. The molecule has 1 atom stereocenters. The van der Waals surface area contributed by atoms with E-state index >= 15 is 0 Å². The lowest BCUT2D eigenvalue weighted by atomic mass is 10.0. The van der Waals surface area contributed by atoms with Gasteiger partial charge in [-0.05, 0) is 29.7 Å². The maximum atomic E-state index is 12.7. The molecule has 0 aliphatic heterocycles. The zero-order chi connectivity index (χ0) is 19.1. The Hall–Kier alpha value is -2.66. The standard InChI is InChI=1S/C21H27N3O2/c1-15(2)17-12-10-16(11-13-17)14-24(4)19(18-8-6-5-7-9-18)20(25)23-21(26)22-3/h5-13,15,19H,14H2,1-4H3,(H2,22,23,25,26)/t19-/m1/s1. The summed E-state index contributed by atoms with van der Waals surface area (Å²) in [5.74, 6) is 0.133. The molecule has 2 aromatic carbocycles. The third kappa shape index (κ3) is 5.17. The van der Waals surface area contributed by atoms with Gasteiger partial charge in [-0.3, -0.25) is 15.0 Å². The lowest BCUT2D eigenvalue weighted by Gasteiger charge is -2.27. The highest BCUT2D eigenvalue weighted by Crippen LogP contribution is 2.22. The molecule has 2 N–H and O–H groups in total. The average Bonchev–Trinajstić information content (AvgIpc) is 2.63. The van der Waals surface area contributed by atoms with Gasteiger partial charge in [-0.1, -0.05) is 68.4 Å². The van der Waals surface area contributed by atoms with Crippen molar-refractivity contribution in [2.75, 3.05) is 14.1 Å². The van der Waals surface area contributed by atoms with Crippen molar-refractivity contribution in [1.29, 1.82) is 0 Å². The maximum Gasteiger partial charge on any atom is 0.321 e. The van der Waals surface area contributed by atoms with E-state index in [0.29, 0.717) is 12.5 Å². The van der Waals surface area contributed by atoms with Gasteiger partial charge in [0.2, 0.25) is 5.91 Å².